The normalized spacial score (nSPS) is 13.2. The number of nitrogens with zero attached hydrogens (tertiary/aromatic N) is 4. The van der Waals surface area contributed by atoms with Crippen LogP contribution in [0.5, 0.6) is 11.8 Å². The summed E-state index contributed by atoms with van der Waals surface area (Å²) < 4.78 is 22.5. The zero-order valence-electron chi connectivity index (χ0n) is 19.7. The lowest BCUT2D eigenvalue weighted by molar-refractivity contribution is -0.148. The van der Waals surface area contributed by atoms with Gasteiger partial charge in [0.05, 0.1) is 22.5 Å². The number of aromatic hydroxyl groups is 2. The van der Waals surface area contributed by atoms with Gasteiger partial charge in [-0.15, -0.1) is 0 Å². The van der Waals surface area contributed by atoms with E-state index in [0.29, 0.717) is 37.7 Å². The molecule has 0 saturated heterocycles. The second-order valence-electron chi connectivity index (χ2n) is 8.77. The summed E-state index contributed by atoms with van der Waals surface area (Å²) in [4.78, 5) is 50.9. The van der Waals surface area contributed by atoms with E-state index < -0.39 is 41.5 Å². The van der Waals surface area contributed by atoms with Crippen LogP contribution < -0.4 is 17.1 Å². The van der Waals surface area contributed by atoms with Crippen molar-refractivity contribution in [2.45, 2.75) is 52.2 Å². The number of carbonyl (C=O) groups excluding carboxylic acids is 1. The van der Waals surface area contributed by atoms with Crippen molar-refractivity contribution in [3.8, 4) is 23.1 Å². The van der Waals surface area contributed by atoms with Crippen LogP contribution in [0.15, 0.2) is 26.5 Å². The molecular weight excluding hydrogens is 499 g/mol. The molecule has 0 atom stereocenters. The van der Waals surface area contributed by atoms with Crippen LogP contribution in [0, 0.1) is 5.82 Å². The van der Waals surface area contributed by atoms with E-state index in [0.717, 1.165) is 36.6 Å². The summed E-state index contributed by atoms with van der Waals surface area (Å²) in [5.41, 5.74) is -3.09. The van der Waals surface area contributed by atoms with Crippen LogP contribution in [0.3, 0.4) is 0 Å². The van der Waals surface area contributed by atoms with E-state index in [-0.39, 0.29) is 28.2 Å². The molecule has 11 nitrogen and oxygen atoms in total. The van der Waals surface area contributed by atoms with Crippen molar-refractivity contribution in [2.75, 3.05) is 0 Å². The SMILES string of the molecule is CC(C)OC(=O)Cn1c(=O)n(C)c(=O)n(-c2cc(-n3c(O)c4c(c3O)CCCC4)c(F)cc2Cl)c1=O. The molecule has 0 spiro atoms. The number of halogens is 2. The van der Waals surface area contributed by atoms with Gasteiger partial charge in [-0.2, -0.15) is 0 Å². The number of rotatable bonds is 5. The van der Waals surface area contributed by atoms with E-state index in [4.69, 9.17) is 16.3 Å². The van der Waals surface area contributed by atoms with Crippen molar-refractivity contribution in [1.82, 2.24) is 18.3 Å². The fourth-order valence-corrected chi connectivity index (χ4v) is 4.57. The summed E-state index contributed by atoms with van der Waals surface area (Å²) in [7, 11) is 1.10. The van der Waals surface area contributed by atoms with Gasteiger partial charge in [0.2, 0.25) is 11.8 Å². The lowest BCUT2D eigenvalue weighted by Crippen LogP contribution is -2.54. The van der Waals surface area contributed by atoms with Crippen LogP contribution in [0.4, 0.5) is 4.39 Å². The van der Waals surface area contributed by atoms with E-state index in [9.17, 15) is 29.4 Å². The monoisotopic (exact) mass is 522 g/mol. The highest BCUT2D eigenvalue weighted by Crippen LogP contribution is 2.42. The zero-order valence-corrected chi connectivity index (χ0v) is 20.5. The topological polar surface area (TPSA) is 138 Å². The van der Waals surface area contributed by atoms with Gasteiger partial charge in [-0.3, -0.25) is 4.79 Å². The number of benzene rings is 1. The van der Waals surface area contributed by atoms with Crippen molar-refractivity contribution in [3.05, 3.63) is 65.6 Å². The first kappa shape index (κ1) is 25.3. The molecule has 4 rings (SSSR count). The number of hydrogen-bond acceptors (Lipinski definition) is 7. The third-order valence-electron chi connectivity index (χ3n) is 6.00. The molecule has 2 aromatic heterocycles. The van der Waals surface area contributed by atoms with Gasteiger partial charge in [-0.1, -0.05) is 11.6 Å². The van der Waals surface area contributed by atoms with E-state index in [1.807, 2.05) is 0 Å². The van der Waals surface area contributed by atoms with E-state index >= 15 is 4.39 Å². The van der Waals surface area contributed by atoms with Gasteiger partial charge in [0, 0.05) is 18.2 Å². The highest BCUT2D eigenvalue weighted by atomic mass is 35.5. The van der Waals surface area contributed by atoms with Crippen molar-refractivity contribution in [1.29, 1.82) is 0 Å². The lowest BCUT2D eigenvalue weighted by Gasteiger charge is -2.15. The summed E-state index contributed by atoms with van der Waals surface area (Å²) in [6.07, 6.45) is 2.03. The molecule has 1 aliphatic carbocycles. The highest BCUT2D eigenvalue weighted by molar-refractivity contribution is 6.32. The minimum atomic E-state index is -1.21. The standard InChI is InChI=1S/C23H24ClFN4O7/c1-11(2)36-18(30)10-27-21(33)26(3)22(34)29(23(27)35)16-9-17(15(25)8-14(16)24)28-19(31)12-6-4-5-7-13(12)20(28)32/h8-9,11,31-32H,4-7,10H2,1-3H3. The Hall–Kier alpha value is -3.80. The van der Waals surface area contributed by atoms with Crippen molar-refractivity contribution in [3.63, 3.8) is 0 Å². The molecule has 0 fully saturated rings. The fourth-order valence-electron chi connectivity index (χ4n) is 4.33. The number of fused-ring (bicyclic) bond motifs is 1. The molecule has 3 aromatic rings. The Labute approximate surface area is 208 Å². The second-order valence-corrected chi connectivity index (χ2v) is 9.18. The molecule has 0 bridgehead atoms. The summed E-state index contributed by atoms with van der Waals surface area (Å²) >= 11 is 6.21. The van der Waals surface area contributed by atoms with Crippen LogP contribution >= 0.6 is 11.6 Å². The summed E-state index contributed by atoms with van der Waals surface area (Å²) in [6, 6.07) is 1.82. The Morgan fingerprint density at radius 2 is 1.58 bits per heavy atom. The first-order valence-corrected chi connectivity index (χ1v) is 11.6. The molecule has 1 aliphatic rings. The van der Waals surface area contributed by atoms with E-state index in [1.54, 1.807) is 13.8 Å². The molecule has 0 aliphatic heterocycles. The Morgan fingerprint density at radius 1 is 1.00 bits per heavy atom. The minimum absolute atomic E-state index is 0.324. The fraction of sp³-hybridized carbons (Fsp3) is 0.391. The van der Waals surface area contributed by atoms with Crippen LogP contribution in [0.1, 0.15) is 37.8 Å². The van der Waals surface area contributed by atoms with Crippen LogP contribution in [-0.4, -0.2) is 40.6 Å². The summed E-state index contributed by atoms with van der Waals surface area (Å²) in [5, 5.41) is 21.1. The van der Waals surface area contributed by atoms with Crippen LogP contribution in [-0.2, 0) is 36.0 Å². The Kier molecular flexibility index (Phi) is 6.56. The van der Waals surface area contributed by atoms with Crippen LogP contribution in [0.25, 0.3) is 11.4 Å². The van der Waals surface area contributed by atoms with Crippen molar-refractivity contribution >= 4 is 17.6 Å². The molecule has 0 saturated carbocycles. The maximum absolute atomic E-state index is 15.1. The van der Waals surface area contributed by atoms with E-state index in [2.05, 4.69) is 0 Å². The second kappa shape index (κ2) is 9.34. The molecule has 1 aromatic carbocycles. The number of carbonyl (C=O) groups is 1. The van der Waals surface area contributed by atoms with Gasteiger partial charge in [-0.25, -0.2) is 37.0 Å². The van der Waals surface area contributed by atoms with E-state index in [1.165, 1.54) is 0 Å². The molecule has 13 heteroatoms. The molecule has 0 radical (unpaired) electrons. The molecule has 192 valence electrons. The predicted molar refractivity (Wildman–Crippen MR) is 127 cm³/mol. The Morgan fingerprint density at radius 3 is 2.14 bits per heavy atom. The van der Waals surface area contributed by atoms with Gasteiger partial charge in [-0.05, 0) is 51.7 Å². The Balaban J connectivity index is 1.96. The zero-order chi connectivity index (χ0) is 26.5. The first-order valence-electron chi connectivity index (χ1n) is 11.2. The highest BCUT2D eigenvalue weighted by Gasteiger charge is 2.28. The molecule has 2 N–H and O–H groups in total. The van der Waals surface area contributed by atoms with Gasteiger partial charge in [0.25, 0.3) is 0 Å². The minimum Gasteiger partial charge on any atom is -0.494 e. The quantitative estimate of drug-likeness (QED) is 0.484. The average Bonchev–Trinajstić information content (AvgIpc) is 3.06. The third kappa shape index (κ3) is 4.11. The van der Waals surface area contributed by atoms with Crippen LogP contribution in [0.2, 0.25) is 5.02 Å². The predicted octanol–water partition coefficient (Wildman–Crippen LogP) is 1.52. The number of hydrogen-bond donors (Lipinski definition) is 2. The van der Waals surface area contributed by atoms with Gasteiger partial charge in [0.15, 0.2) is 0 Å². The van der Waals surface area contributed by atoms with Gasteiger partial charge >= 0.3 is 23.0 Å². The molecule has 2 heterocycles. The molecule has 0 amide bonds. The molecular formula is C23H24ClFN4O7. The number of esters is 1. The Bertz CT molecular complexity index is 1540. The van der Waals surface area contributed by atoms with Gasteiger partial charge in [0.1, 0.15) is 12.4 Å². The molecule has 36 heavy (non-hydrogen) atoms. The third-order valence-corrected chi connectivity index (χ3v) is 6.30. The lowest BCUT2D eigenvalue weighted by atomic mass is 9.95. The smallest absolute Gasteiger partial charge is 0.341 e. The largest absolute Gasteiger partial charge is 0.494 e. The van der Waals surface area contributed by atoms with Gasteiger partial charge < -0.3 is 14.9 Å². The molecule has 0 unspecified atom stereocenters. The first-order chi connectivity index (χ1) is 16.9. The maximum atomic E-state index is 15.1. The summed E-state index contributed by atoms with van der Waals surface area (Å²) in [5.74, 6) is -2.56. The van der Waals surface area contributed by atoms with Crippen molar-refractivity contribution < 1.29 is 24.1 Å². The summed E-state index contributed by atoms with van der Waals surface area (Å²) in [6.45, 7) is 2.40. The number of aromatic nitrogens is 4. The average molecular weight is 523 g/mol. The maximum Gasteiger partial charge on any atom is 0.341 e. The van der Waals surface area contributed by atoms with Crippen molar-refractivity contribution in [2.24, 2.45) is 7.05 Å². The number of ether oxygens (including phenoxy) is 1.